The Kier molecular flexibility index (Phi) is 4.81. The zero-order valence-electron chi connectivity index (χ0n) is 14.1. The second-order valence-corrected chi connectivity index (χ2v) is 14.5. The lowest BCUT2D eigenvalue weighted by Gasteiger charge is -2.32. The van der Waals surface area contributed by atoms with Crippen LogP contribution in [0.5, 0.6) is 0 Å². The van der Waals surface area contributed by atoms with Crippen LogP contribution in [-0.2, 0) is 15.5 Å². The minimum atomic E-state index is -2.91. The van der Waals surface area contributed by atoms with Gasteiger partial charge in [0.2, 0.25) is 0 Å². The lowest BCUT2D eigenvalue weighted by molar-refractivity contribution is 0.0785. The Labute approximate surface area is 130 Å². The van der Waals surface area contributed by atoms with Gasteiger partial charge in [0.1, 0.15) is 9.92 Å². The fourth-order valence-electron chi connectivity index (χ4n) is 1.59. The summed E-state index contributed by atoms with van der Waals surface area (Å²) in [4.78, 5) is 0.514. The molecule has 0 bridgehead atoms. The minimum absolute atomic E-state index is 0.0118. The van der Waals surface area contributed by atoms with Crippen LogP contribution in [0.25, 0.3) is 0 Å². The zero-order chi connectivity index (χ0) is 16.7. The molecule has 6 heteroatoms. The van der Waals surface area contributed by atoms with E-state index in [-0.39, 0.29) is 5.04 Å². The molecule has 0 saturated carbocycles. The van der Waals surface area contributed by atoms with Crippen molar-refractivity contribution in [3.05, 3.63) is 29.8 Å². The molecule has 0 aliphatic carbocycles. The third-order valence-electron chi connectivity index (χ3n) is 4.10. The van der Waals surface area contributed by atoms with Crippen molar-refractivity contribution < 1.29 is 9.32 Å². The predicted molar refractivity (Wildman–Crippen MR) is 91.9 cm³/mol. The maximum Gasteiger partial charge on any atom is 0.195 e. The number of hydrogen-bond acceptors (Lipinski definition) is 3. The monoisotopic (exact) mass is 328 g/mol. The van der Waals surface area contributed by atoms with Crippen molar-refractivity contribution >= 4 is 18.2 Å². The normalized spacial score (nSPS) is 16.4. The first-order valence-corrected chi connectivity index (χ1v) is 11.6. The summed E-state index contributed by atoms with van der Waals surface area (Å²) in [7, 11) is -5.01. The van der Waals surface area contributed by atoms with Gasteiger partial charge < -0.3 is 5.11 Å². The van der Waals surface area contributed by atoms with Gasteiger partial charge in [0, 0.05) is 0 Å². The van der Waals surface area contributed by atoms with Gasteiger partial charge >= 0.3 is 0 Å². The number of benzene rings is 1. The van der Waals surface area contributed by atoms with Crippen LogP contribution in [0.2, 0.25) is 18.1 Å². The van der Waals surface area contributed by atoms with E-state index < -0.39 is 23.8 Å². The lowest BCUT2D eigenvalue weighted by Crippen LogP contribution is -2.37. The standard InChI is InChI=1S/C15H28N2O2SSi/c1-14(2,3)21(6,7)17-20(16,19)13-10-8-12(9-11-13)15(4,5)18/h8-11,18H,1-7H3,(H2,16,17,19). The van der Waals surface area contributed by atoms with Crippen molar-refractivity contribution in [3.8, 4) is 0 Å². The van der Waals surface area contributed by atoms with Crippen LogP contribution in [0.15, 0.2) is 33.2 Å². The highest BCUT2D eigenvalue weighted by molar-refractivity contribution is 7.92. The van der Waals surface area contributed by atoms with Crippen molar-refractivity contribution in [1.82, 2.24) is 0 Å². The molecule has 4 nitrogen and oxygen atoms in total. The molecule has 1 aromatic rings. The summed E-state index contributed by atoms with van der Waals surface area (Å²) in [5, 5.41) is 16.0. The fraction of sp³-hybridized carbons (Fsp3) is 0.600. The second-order valence-electron chi connectivity index (χ2n) is 7.55. The van der Waals surface area contributed by atoms with Gasteiger partial charge in [0.15, 0.2) is 8.24 Å². The summed E-state index contributed by atoms with van der Waals surface area (Å²) in [5.41, 5.74) is -0.168. The first-order valence-electron chi connectivity index (χ1n) is 7.06. The summed E-state index contributed by atoms with van der Waals surface area (Å²) in [6.45, 7) is 13.9. The number of nitrogens with two attached hydrogens (primary N) is 1. The molecule has 21 heavy (non-hydrogen) atoms. The van der Waals surface area contributed by atoms with Gasteiger partial charge in [-0.15, -0.1) is 0 Å². The topological polar surface area (TPSA) is 75.7 Å². The molecule has 120 valence electrons. The maximum absolute atomic E-state index is 12.8. The van der Waals surface area contributed by atoms with E-state index in [1.807, 2.05) is 0 Å². The van der Waals surface area contributed by atoms with E-state index in [0.717, 1.165) is 5.56 Å². The van der Waals surface area contributed by atoms with Crippen molar-refractivity contribution in [2.75, 3.05) is 0 Å². The Morgan fingerprint density at radius 2 is 1.52 bits per heavy atom. The molecule has 3 N–H and O–H groups in total. The fourth-order valence-corrected chi connectivity index (χ4v) is 6.34. The van der Waals surface area contributed by atoms with E-state index in [0.29, 0.717) is 4.90 Å². The second kappa shape index (κ2) is 5.50. The Morgan fingerprint density at radius 3 is 1.86 bits per heavy atom. The van der Waals surface area contributed by atoms with Gasteiger partial charge in [-0.2, -0.15) is 0 Å². The van der Waals surface area contributed by atoms with E-state index in [1.54, 1.807) is 38.1 Å². The Hall–Kier alpha value is -0.693. The number of aliphatic hydroxyl groups is 1. The summed E-state index contributed by atoms with van der Waals surface area (Å²) in [5.74, 6) is 0. The van der Waals surface area contributed by atoms with Gasteiger partial charge in [0.05, 0.1) is 10.5 Å². The van der Waals surface area contributed by atoms with Gasteiger partial charge in [-0.1, -0.05) is 32.9 Å². The highest BCUT2D eigenvalue weighted by Crippen LogP contribution is 2.37. The molecule has 1 atom stereocenters. The molecule has 0 heterocycles. The van der Waals surface area contributed by atoms with E-state index in [1.165, 1.54) is 0 Å². The van der Waals surface area contributed by atoms with Crippen LogP contribution < -0.4 is 5.14 Å². The number of nitrogens with zero attached hydrogens (tertiary/aromatic N) is 1. The maximum atomic E-state index is 12.8. The van der Waals surface area contributed by atoms with Gasteiger partial charge in [0.25, 0.3) is 0 Å². The van der Waals surface area contributed by atoms with Gasteiger partial charge in [-0.25, -0.2) is 9.35 Å². The molecular formula is C15H28N2O2SSi. The molecule has 1 aromatic carbocycles. The van der Waals surface area contributed by atoms with Crippen molar-refractivity contribution in [2.45, 2.75) is 63.2 Å². The molecule has 0 aromatic heterocycles. The largest absolute Gasteiger partial charge is 0.386 e. The molecule has 0 amide bonds. The van der Waals surface area contributed by atoms with Crippen LogP contribution in [0.1, 0.15) is 40.2 Å². The smallest absolute Gasteiger partial charge is 0.195 e. The number of hydrogen-bond donors (Lipinski definition) is 2. The molecule has 0 aliphatic heterocycles. The molecule has 0 aliphatic rings. The molecule has 0 spiro atoms. The third kappa shape index (κ3) is 4.39. The molecule has 1 unspecified atom stereocenters. The first kappa shape index (κ1) is 18.4. The Balaban J connectivity index is 3.29. The molecular weight excluding hydrogens is 300 g/mol. The predicted octanol–water partition coefficient (Wildman–Crippen LogP) is 3.62. The van der Waals surface area contributed by atoms with Crippen LogP contribution in [0.3, 0.4) is 0 Å². The average molecular weight is 329 g/mol. The summed E-state index contributed by atoms with van der Waals surface area (Å²) in [6.07, 6.45) is 0. The molecule has 1 rings (SSSR count). The van der Waals surface area contributed by atoms with Crippen LogP contribution in [-0.4, -0.2) is 17.6 Å². The summed E-state index contributed by atoms with van der Waals surface area (Å²) >= 11 is 0. The Bertz CT molecular complexity index is 617. The highest BCUT2D eigenvalue weighted by atomic mass is 32.2. The van der Waals surface area contributed by atoms with Gasteiger partial charge in [-0.05, 0) is 49.7 Å². The van der Waals surface area contributed by atoms with Crippen LogP contribution in [0.4, 0.5) is 0 Å². The molecule has 0 radical (unpaired) electrons. The van der Waals surface area contributed by atoms with E-state index in [2.05, 4.69) is 37.9 Å². The van der Waals surface area contributed by atoms with E-state index in [9.17, 15) is 9.32 Å². The van der Waals surface area contributed by atoms with E-state index in [4.69, 9.17) is 5.14 Å². The van der Waals surface area contributed by atoms with E-state index >= 15 is 0 Å². The summed E-state index contributed by atoms with van der Waals surface area (Å²) < 4.78 is 17.4. The number of rotatable bonds is 3. The first-order chi connectivity index (χ1) is 9.17. The minimum Gasteiger partial charge on any atom is -0.386 e. The van der Waals surface area contributed by atoms with Gasteiger partial charge in [-0.3, -0.25) is 4.03 Å². The SMILES string of the molecule is CC(C)(O)c1ccc(S(N)(=O)=N[Si](C)(C)C(C)(C)C)cc1. The quantitative estimate of drug-likeness (QED) is 0.831. The van der Waals surface area contributed by atoms with Crippen molar-refractivity contribution in [2.24, 2.45) is 9.17 Å². The third-order valence-corrected chi connectivity index (χ3v) is 11.6. The lowest BCUT2D eigenvalue weighted by atomic mass is 9.99. The van der Waals surface area contributed by atoms with Crippen LogP contribution in [0, 0.1) is 0 Å². The zero-order valence-corrected chi connectivity index (χ0v) is 15.9. The van der Waals surface area contributed by atoms with Crippen molar-refractivity contribution in [1.29, 1.82) is 0 Å². The Morgan fingerprint density at radius 1 is 1.10 bits per heavy atom. The highest BCUT2D eigenvalue weighted by Gasteiger charge is 2.37. The average Bonchev–Trinajstić information content (AvgIpc) is 2.25. The van der Waals surface area contributed by atoms with Crippen LogP contribution >= 0.6 is 0 Å². The van der Waals surface area contributed by atoms with Crippen molar-refractivity contribution in [3.63, 3.8) is 0 Å². The molecule has 0 saturated heterocycles. The molecule has 0 fully saturated rings. The summed E-state index contributed by atoms with van der Waals surface area (Å²) in [6, 6.07) is 6.91.